The summed E-state index contributed by atoms with van der Waals surface area (Å²) in [6.07, 6.45) is 0. The smallest absolute Gasteiger partial charge is 0.325 e. The van der Waals surface area contributed by atoms with Crippen LogP contribution < -0.4 is 4.80 Å². The third kappa shape index (κ3) is 6.71. The molecule has 38 heavy (non-hydrogen) atoms. The number of carbonyl (C=O) groups excluding carboxylic acids is 2. The van der Waals surface area contributed by atoms with Crippen molar-refractivity contribution in [3.63, 3.8) is 0 Å². The van der Waals surface area contributed by atoms with Gasteiger partial charge < -0.3 is 9.30 Å². The highest BCUT2D eigenvalue weighted by molar-refractivity contribution is 7.89. The van der Waals surface area contributed by atoms with Gasteiger partial charge in [0.25, 0.3) is 11.6 Å². The van der Waals surface area contributed by atoms with E-state index in [0.717, 1.165) is 11.3 Å². The molecule has 0 atom stereocenters. The van der Waals surface area contributed by atoms with Crippen molar-refractivity contribution in [2.24, 2.45) is 16.8 Å². The summed E-state index contributed by atoms with van der Waals surface area (Å²) >= 11 is 1.01. The van der Waals surface area contributed by atoms with Crippen molar-refractivity contribution >= 4 is 49.1 Å². The molecule has 0 N–H and O–H groups in total. The van der Waals surface area contributed by atoms with E-state index in [0.29, 0.717) is 23.3 Å². The first-order valence-electron chi connectivity index (χ1n) is 11.9. The van der Waals surface area contributed by atoms with Gasteiger partial charge in [-0.2, -0.15) is 9.30 Å². The van der Waals surface area contributed by atoms with Gasteiger partial charge in [0.1, 0.15) is 6.54 Å². The van der Waals surface area contributed by atoms with Gasteiger partial charge in [-0.05, 0) is 42.2 Å². The minimum absolute atomic E-state index is 0.0743. The van der Waals surface area contributed by atoms with Gasteiger partial charge in [0, 0.05) is 30.8 Å². The Morgan fingerprint density at radius 1 is 1.08 bits per heavy atom. The number of rotatable bonds is 10. The second-order valence-corrected chi connectivity index (χ2v) is 12.5. The number of carbonyl (C=O) groups is 2. The summed E-state index contributed by atoms with van der Waals surface area (Å²) in [6.45, 7) is 8.30. The number of methoxy groups -OCH3 is 1. The molecule has 0 aliphatic carbocycles. The number of fused-ring (bicyclic) bond motifs is 1. The number of nitro groups is 1. The van der Waals surface area contributed by atoms with E-state index in [2.05, 4.69) is 4.99 Å². The monoisotopic (exact) mass is 562 g/mol. The molecule has 0 aliphatic rings. The lowest BCUT2D eigenvalue weighted by molar-refractivity contribution is -0.384. The quantitative estimate of drug-likeness (QED) is 0.208. The predicted molar refractivity (Wildman–Crippen MR) is 143 cm³/mol. The van der Waals surface area contributed by atoms with E-state index >= 15 is 0 Å². The van der Waals surface area contributed by atoms with Gasteiger partial charge >= 0.3 is 5.97 Å². The maximum Gasteiger partial charge on any atom is 0.325 e. The summed E-state index contributed by atoms with van der Waals surface area (Å²) in [7, 11) is -2.54. The lowest BCUT2D eigenvalue weighted by Crippen LogP contribution is -2.37. The van der Waals surface area contributed by atoms with E-state index in [4.69, 9.17) is 4.74 Å². The molecule has 3 aromatic rings. The molecule has 0 unspecified atom stereocenters. The summed E-state index contributed by atoms with van der Waals surface area (Å²) in [5.41, 5.74) is 0.494. The zero-order chi connectivity index (χ0) is 28.2. The van der Waals surface area contributed by atoms with Gasteiger partial charge in [-0.1, -0.05) is 39.0 Å². The zero-order valence-electron chi connectivity index (χ0n) is 21.8. The van der Waals surface area contributed by atoms with Crippen molar-refractivity contribution in [2.75, 3.05) is 20.2 Å². The Morgan fingerprint density at radius 3 is 2.21 bits per heavy atom. The van der Waals surface area contributed by atoms with Crippen molar-refractivity contribution in [3.8, 4) is 0 Å². The number of hydrogen-bond acceptors (Lipinski definition) is 8. The van der Waals surface area contributed by atoms with Crippen LogP contribution in [-0.2, 0) is 26.1 Å². The standard InChI is InChI=1S/C25H30N4O7S2/c1-16(2)13-27(14-17(3)4)38(34,35)20-9-6-18(7-10-20)24(31)26-25-28(15-23(30)36-5)21-11-8-19(29(32)33)12-22(21)37-25/h6-12,16-17H,13-15H2,1-5H3. The van der Waals surface area contributed by atoms with Gasteiger partial charge in [0.15, 0.2) is 4.80 Å². The van der Waals surface area contributed by atoms with Crippen molar-refractivity contribution in [3.05, 3.63) is 62.9 Å². The Labute approximate surface area is 224 Å². The van der Waals surface area contributed by atoms with Crippen LogP contribution in [0.1, 0.15) is 38.1 Å². The molecule has 0 aliphatic heterocycles. The van der Waals surface area contributed by atoms with Crippen molar-refractivity contribution < 1.29 is 27.7 Å². The van der Waals surface area contributed by atoms with Crippen LogP contribution in [0.15, 0.2) is 52.4 Å². The fraction of sp³-hybridized carbons (Fsp3) is 0.400. The lowest BCUT2D eigenvalue weighted by atomic mass is 10.2. The molecule has 13 heteroatoms. The average molecular weight is 563 g/mol. The van der Waals surface area contributed by atoms with Gasteiger partial charge in [-0.15, -0.1) is 0 Å². The van der Waals surface area contributed by atoms with Crippen molar-refractivity contribution in [1.29, 1.82) is 0 Å². The van der Waals surface area contributed by atoms with E-state index in [1.807, 2.05) is 27.7 Å². The van der Waals surface area contributed by atoms with E-state index < -0.39 is 26.8 Å². The summed E-state index contributed by atoms with van der Waals surface area (Å²) in [4.78, 5) is 40.0. The van der Waals surface area contributed by atoms with Crippen LogP contribution in [0, 0.1) is 22.0 Å². The van der Waals surface area contributed by atoms with Gasteiger partial charge in [-0.3, -0.25) is 19.7 Å². The van der Waals surface area contributed by atoms with Crippen LogP contribution in [0.3, 0.4) is 0 Å². The molecule has 1 heterocycles. The number of esters is 1. The predicted octanol–water partition coefficient (Wildman–Crippen LogP) is 3.83. The molecule has 2 aromatic carbocycles. The maximum absolute atomic E-state index is 13.3. The maximum atomic E-state index is 13.3. The molecule has 1 amide bonds. The first-order valence-corrected chi connectivity index (χ1v) is 14.1. The third-order valence-electron chi connectivity index (χ3n) is 5.47. The Morgan fingerprint density at radius 2 is 1.68 bits per heavy atom. The number of aromatic nitrogens is 1. The molecule has 0 saturated carbocycles. The third-order valence-corrected chi connectivity index (χ3v) is 8.35. The molecular weight excluding hydrogens is 532 g/mol. The summed E-state index contributed by atoms with van der Waals surface area (Å²) < 4.78 is 34.6. The van der Waals surface area contributed by atoms with Gasteiger partial charge in [0.05, 0.1) is 27.1 Å². The minimum atomic E-state index is -3.76. The van der Waals surface area contributed by atoms with Crippen molar-refractivity contribution in [1.82, 2.24) is 8.87 Å². The fourth-order valence-corrected chi connectivity index (χ4v) is 6.59. The molecule has 11 nitrogen and oxygen atoms in total. The van der Waals surface area contributed by atoms with Crippen LogP contribution in [0.25, 0.3) is 10.2 Å². The lowest BCUT2D eigenvalue weighted by Gasteiger charge is -2.25. The number of sulfonamides is 1. The van der Waals surface area contributed by atoms with E-state index in [1.54, 1.807) is 0 Å². The van der Waals surface area contributed by atoms with Crippen LogP contribution >= 0.6 is 11.3 Å². The van der Waals surface area contributed by atoms with Crippen LogP contribution in [-0.4, -0.2) is 54.3 Å². The number of ether oxygens (including phenoxy) is 1. The van der Waals surface area contributed by atoms with E-state index in [-0.39, 0.29) is 39.3 Å². The highest BCUT2D eigenvalue weighted by atomic mass is 32.2. The summed E-state index contributed by atoms with van der Waals surface area (Å²) in [5.74, 6) is -0.959. The number of thiazole rings is 1. The molecule has 0 spiro atoms. The molecule has 0 saturated heterocycles. The Hall–Kier alpha value is -3.42. The first-order chi connectivity index (χ1) is 17.8. The average Bonchev–Trinajstić information content (AvgIpc) is 3.18. The Kier molecular flexibility index (Phi) is 9.18. The highest BCUT2D eigenvalue weighted by Crippen LogP contribution is 2.24. The van der Waals surface area contributed by atoms with Crippen LogP contribution in [0.5, 0.6) is 0 Å². The molecule has 3 rings (SSSR count). The second-order valence-electron chi connectivity index (χ2n) is 9.51. The number of non-ortho nitro benzene ring substituents is 1. The summed E-state index contributed by atoms with van der Waals surface area (Å²) in [5, 5.41) is 11.2. The first kappa shape index (κ1) is 29.1. The second kappa shape index (κ2) is 12.0. The van der Waals surface area contributed by atoms with Gasteiger partial charge in [0.2, 0.25) is 10.0 Å². The number of amides is 1. The van der Waals surface area contributed by atoms with E-state index in [1.165, 1.54) is 58.4 Å². The van der Waals surface area contributed by atoms with Crippen LogP contribution in [0.2, 0.25) is 0 Å². The molecule has 0 radical (unpaired) electrons. The fourth-order valence-electron chi connectivity index (χ4n) is 3.76. The largest absolute Gasteiger partial charge is 0.468 e. The van der Waals surface area contributed by atoms with E-state index in [9.17, 15) is 28.1 Å². The van der Waals surface area contributed by atoms with Crippen molar-refractivity contribution in [2.45, 2.75) is 39.1 Å². The van der Waals surface area contributed by atoms with Crippen LogP contribution in [0.4, 0.5) is 5.69 Å². The summed E-state index contributed by atoms with van der Waals surface area (Å²) in [6, 6.07) is 9.67. The Bertz CT molecular complexity index is 1510. The zero-order valence-corrected chi connectivity index (χ0v) is 23.4. The number of benzene rings is 2. The van der Waals surface area contributed by atoms with Gasteiger partial charge in [-0.25, -0.2) is 8.42 Å². The number of nitro benzene ring substituents is 1. The molecule has 0 bridgehead atoms. The molecule has 0 fully saturated rings. The molecule has 204 valence electrons. The number of nitrogens with zero attached hydrogens (tertiary/aromatic N) is 4. The number of hydrogen-bond donors (Lipinski definition) is 0. The highest BCUT2D eigenvalue weighted by Gasteiger charge is 2.26. The SMILES string of the molecule is COC(=O)Cn1c(=NC(=O)c2ccc(S(=O)(=O)N(CC(C)C)CC(C)C)cc2)sc2cc([N+](=O)[O-])ccc21. The molecular formula is C25H30N4O7S2. The Balaban J connectivity index is 2.00. The molecule has 1 aromatic heterocycles. The normalized spacial score (nSPS) is 12.6. The minimum Gasteiger partial charge on any atom is -0.468 e. The topological polar surface area (TPSA) is 141 Å².